The molecular weight excluding hydrogens is 350 g/mol. The van der Waals surface area contributed by atoms with Crippen molar-refractivity contribution in [3.05, 3.63) is 29.8 Å². The van der Waals surface area contributed by atoms with Gasteiger partial charge >= 0.3 is 0 Å². The van der Waals surface area contributed by atoms with Crippen LogP contribution in [0.25, 0.3) is 0 Å². The molecule has 0 radical (unpaired) electrons. The van der Waals surface area contributed by atoms with Gasteiger partial charge in [0.25, 0.3) is 10.0 Å². The van der Waals surface area contributed by atoms with E-state index in [0.29, 0.717) is 11.5 Å². The minimum absolute atomic E-state index is 0.00916. The Balaban J connectivity index is 1.51. The molecule has 1 aliphatic carbocycles. The molecule has 1 saturated carbocycles. The molecule has 26 heavy (non-hydrogen) atoms. The molecule has 1 aromatic rings. The number of likely N-dealkylation sites (tertiary alicyclic amines) is 1. The van der Waals surface area contributed by atoms with Crippen molar-refractivity contribution in [3.63, 3.8) is 0 Å². The summed E-state index contributed by atoms with van der Waals surface area (Å²) in [6, 6.07) is 6.14. The van der Waals surface area contributed by atoms with Crippen molar-refractivity contribution in [1.82, 2.24) is 9.62 Å². The van der Waals surface area contributed by atoms with E-state index in [9.17, 15) is 13.2 Å². The number of fused-ring (bicyclic) bond motifs is 2. The molecule has 1 amide bonds. The summed E-state index contributed by atoms with van der Waals surface area (Å²) in [4.78, 5) is 19.5. The minimum Gasteiger partial charge on any atom is -0.341 e. The summed E-state index contributed by atoms with van der Waals surface area (Å²) >= 11 is 0. The smallest absolute Gasteiger partial charge is 0.263 e. The van der Waals surface area contributed by atoms with E-state index in [0.717, 1.165) is 25.4 Å². The van der Waals surface area contributed by atoms with Crippen LogP contribution in [-0.4, -0.2) is 44.2 Å². The topological polar surface area (TPSA) is 78.8 Å². The monoisotopic (exact) mass is 375 g/mol. The lowest BCUT2D eigenvalue weighted by Gasteiger charge is -2.41. The molecule has 0 unspecified atom stereocenters. The van der Waals surface area contributed by atoms with Crippen molar-refractivity contribution < 1.29 is 13.2 Å². The number of rotatable bonds is 2. The van der Waals surface area contributed by atoms with E-state index >= 15 is 0 Å². The number of hydrogen-bond donors (Lipinski definition) is 1. The first kappa shape index (κ1) is 17.5. The van der Waals surface area contributed by atoms with Gasteiger partial charge in [0, 0.05) is 18.7 Å². The molecule has 1 saturated heterocycles. The minimum atomic E-state index is -3.57. The largest absolute Gasteiger partial charge is 0.341 e. The Kier molecular flexibility index (Phi) is 4.50. The van der Waals surface area contributed by atoms with Crippen molar-refractivity contribution in [1.29, 1.82) is 0 Å². The number of amidine groups is 1. The molecule has 0 aromatic heterocycles. The molecule has 3 aliphatic rings. The quantitative estimate of drug-likeness (QED) is 0.860. The zero-order valence-electron chi connectivity index (χ0n) is 15.0. The van der Waals surface area contributed by atoms with Gasteiger partial charge in [-0.15, -0.1) is 0 Å². The number of nitrogens with one attached hydrogen (secondary N) is 1. The fraction of sp³-hybridized carbons (Fsp3) is 0.579. The molecule has 140 valence electrons. The number of benzene rings is 1. The third-order valence-corrected chi connectivity index (χ3v) is 7.34. The Morgan fingerprint density at radius 3 is 2.73 bits per heavy atom. The number of sulfonamides is 1. The molecule has 2 fully saturated rings. The molecule has 4 rings (SSSR count). The molecule has 7 heteroatoms. The number of carbonyl (C=O) groups is 1. The number of amides is 1. The van der Waals surface area contributed by atoms with E-state index in [1.54, 1.807) is 31.2 Å². The van der Waals surface area contributed by atoms with Gasteiger partial charge in [-0.05, 0) is 43.7 Å². The van der Waals surface area contributed by atoms with Crippen LogP contribution >= 0.6 is 0 Å². The number of carbonyl (C=O) groups excluding carboxylic acids is 1. The van der Waals surface area contributed by atoms with Gasteiger partial charge in [0.2, 0.25) is 5.91 Å². The van der Waals surface area contributed by atoms with Crippen molar-refractivity contribution in [2.24, 2.45) is 16.8 Å². The Hall–Kier alpha value is -1.89. The van der Waals surface area contributed by atoms with Crippen LogP contribution in [0.5, 0.6) is 0 Å². The second-order valence-corrected chi connectivity index (χ2v) is 9.28. The van der Waals surface area contributed by atoms with Gasteiger partial charge in [0.15, 0.2) is 0 Å². The van der Waals surface area contributed by atoms with Crippen LogP contribution < -0.4 is 4.72 Å². The summed E-state index contributed by atoms with van der Waals surface area (Å²) in [6.07, 6.45) is 6.17. The van der Waals surface area contributed by atoms with Gasteiger partial charge in [-0.25, -0.2) is 8.42 Å². The molecule has 2 heterocycles. The number of piperidine rings is 1. The van der Waals surface area contributed by atoms with Crippen LogP contribution in [0.1, 0.15) is 44.6 Å². The fourth-order valence-corrected chi connectivity index (χ4v) is 5.78. The average Bonchev–Trinajstić information content (AvgIpc) is 2.91. The predicted octanol–water partition coefficient (Wildman–Crippen LogP) is 2.15. The Morgan fingerprint density at radius 1 is 1.19 bits per heavy atom. The van der Waals surface area contributed by atoms with E-state index < -0.39 is 16.1 Å². The zero-order chi connectivity index (χ0) is 18.3. The summed E-state index contributed by atoms with van der Waals surface area (Å²) in [7, 11) is -3.57. The zero-order valence-corrected chi connectivity index (χ0v) is 15.8. The van der Waals surface area contributed by atoms with E-state index in [-0.39, 0.29) is 16.6 Å². The summed E-state index contributed by atoms with van der Waals surface area (Å²) in [5.74, 6) is 1.65. The van der Waals surface area contributed by atoms with Gasteiger partial charge < -0.3 is 4.90 Å². The first-order chi connectivity index (χ1) is 12.5. The summed E-state index contributed by atoms with van der Waals surface area (Å²) in [5, 5.41) is 0. The molecule has 3 atom stereocenters. The van der Waals surface area contributed by atoms with Gasteiger partial charge in [-0.3, -0.25) is 14.5 Å². The summed E-state index contributed by atoms with van der Waals surface area (Å²) in [5.41, 5.74) is 0.540. The SMILES string of the molecule is C[C@H](N=C1NS(=O)(=O)c2ccccc21)C(=O)N1CC[C@@H]2CCCC[C@@H]2C1. The Morgan fingerprint density at radius 2 is 1.92 bits per heavy atom. The average molecular weight is 375 g/mol. The third kappa shape index (κ3) is 3.13. The van der Waals surface area contributed by atoms with Crippen LogP contribution in [0, 0.1) is 11.8 Å². The normalized spacial score (nSPS) is 29.6. The maximum absolute atomic E-state index is 12.9. The van der Waals surface area contributed by atoms with Crippen LogP contribution in [0.4, 0.5) is 0 Å². The lowest BCUT2D eigenvalue weighted by molar-refractivity contribution is -0.135. The second-order valence-electron chi connectivity index (χ2n) is 7.63. The fourth-order valence-electron chi connectivity index (χ4n) is 4.54. The maximum atomic E-state index is 12.9. The van der Waals surface area contributed by atoms with E-state index in [1.807, 2.05) is 4.90 Å². The Labute approximate surface area is 154 Å². The first-order valence-electron chi connectivity index (χ1n) is 9.44. The van der Waals surface area contributed by atoms with Crippen LogP contribution in [0.2, 0.25) is 0 Å². The van der Waals surface area contributed by atoms with Crippen LogP contribution in [0.3, 0.4) is 0 Å². The number of nitrogens with zero attached hydrogens (tertiary/aromatic N) is 2. The van der Waals surface area contributed by atoms with Crippen LogP contribution in [-0.2, 0) is 14.8 Å². The lowest BCUT2D eigenvalue weighted by atomic mass is 9.75. The van der Waals surface area contributed by atoms with Gasteiger partial charge in [0.05, 0.1) is 4.90 Å². The van der Waals surface area contributed by atoms with Crippen molar-refractivity contribution in [3.8, 4) is 0 Å². The highest BCUT2D eigenvalue weighted by Crippen LogP contribution is 2.36. The van der Waals surface area contributed by atoms with Crippen molar-refractivity contribution >= 4 is 21.8 Å². The molecule has 6 nitrogen and oxygen atoms in total. The molecule has 0 spiro atoms. The Bertz CT molecular complexity index is 849. The van der Waals surface area contributed by atoms with E-state index in [1.165, 1.54) is 25.7 Å². The van der Waals surface area contributed by atoms with Gasteiger partial charge in [-0.1, -0.05) is 31.4 Å². The molecule has 2 aliphatic heterocycles. The summed E-state index contributed by atoms with van der Waals surface area (Å²) < 4.78 is 26.9. The highest BCUT2D eigenvalue weighted by Gasteiger charge is 2.35. The van der Waals surface area contributed by atoms with Crippen molar-refractivity contribution in [2.75, 3.05) is 13.1 Å². The number of hydrogen-bond acceptors (Lipinski definition) is 4. The van der Waals surface area contributed by atoms with Gasteiger partial charge in [0.1, 0.15) is 11.9 Å². The van der Waals surface area contributed by atoms with E-state index in [4.69, 9.17) is 0 Å². The van der Waals surface area contributed by atoms with Crippen molar-refractivity contribution in [2.45, 2.75) is 50.0 Å². The molecule has 1 N–H and O–H groups in total. The van der Waals surface area contributed by atoms with Gasteiger partial charge in [-0.2, -0.15) is 0 Å². The number of aliphatic imine (C=N–C) groups is 1. The first-order valence-corrected chi connectivity index (χ1v) is 10.9. The predicted molar refractivity (Wildman–Crippen MR) is 99.4 cm³/mol. The van der Waals surface area contributed by atoms with Crippen LogP contribution in [0.15, 0.2) is 34.2 Å². The molecular formula is C19H25N3O3S. The molecule has 0 bridgehead atoms. The summed E-state index contributed by atoms with van der Waals surface area (Å²) in [6.45, 7) is 3.36. The molecule has 1 aromatic carbocycles. The highest BCUT2D eigenvalue weighted by atomic mass is 32.2. The second kappa shape index (κ2) is 6.68. The highest BCUT2D eigenvalue weighted by molar-refractivity contribution is 7.90. The maximum Gasteiger partial charge on any atom is 0.263 e. The standard InChI is InChI=1S/C19H25N3O3S/c1-13(19(23)22-11-10-14-6-2-3-7-15(14)12-22)20-18-16-8-4-5-9-17(16)26(24,25)21-18/h4-5,8-9,13-15H,2-3,6-7,10-12H2,1H3,(H,20,21)/t13-,14-,15+/m0/s1. The lowest BCUT2D eigenvalue weighted by Crippen LogP contribution is -2.47. The third-order valence-electron chi connectivity index (χ3n) is 5.95. The van der Waals surface area contributed by atoms with E-state index in [2.05, 4.69) is 9.71 Å².